The third-order valence-corrected chi connectivity index (χ3v) is 2.24. The summed E-state index contributed by atoms with van der Waals surface area (Å²) in [6.45, 7) is 4.45. The molecule has 1 heteroatoms. The molecule has 0 nitrogen and oxygen atoms in total. The van der Waals surface area contributed by atoms with Crippen molar-refractivity contribution < 1.29 is 0 Å². The Bertz CT molecular complexity index is 116. The second-order valence-electron chi connectivity index (χ2n) is 3.34. The normalized spacial score (nSPS) is 12.1. The van der Waals surface area contributed by atoms with Crippen molar-refractivity contribution in [2.45, 2.75) is 52.4 Å². The summed E-state index contributed by atoms with van der Waals surface area (Å²) in [5, 5.41) is 0. The van der Waals surface area contributed by atoms with E-state index in [1.54, 1.807) is 0 Å². The summed E-state index contributed by atoms with van der Waals surface area (Å²) >= 11 is 5.58. The monoisotopic (exact) mass is 188 g/mol. The molecule has 12 heavy (non-hydrogen) atoms. The molecule has 0 atom stereocenters. The van der Waals surface area contributed by atoms with Gasteiger partial charge in [0.1, 0.15) is 0 Å². The summed E-state index contributed by atoms with van der Waals surface area (Å²) in [6.07, 6.45) is 9.98. The molecule has 0 rings (SSSR count). The number of rotatable bonds is 7. The molecule has 0 amide bonds. The number of hydrogen-bond acceptors (Lipinski definition) is 0. The van der Waals surface area contributed by atoms with Crippen molar-refractivity contribution in [1.82, 2.24) is 0 Å². The molecule has 0 aromatic carbocycles. The van der Waals surface area contributed by atoms with Crippen molar-refractivity contribution in [3.8, 4) is 0 Å². The van der Waals surface area contributed by atoms with E-state index < -0.39 is 0 Å². The zero-order valence-electron chi connectivity index (χ0n) is 8.41. The molecule has 0 radical (unpaired) electrons. The first kappa shape index (κ1) is 12.0. The molecular weight excluding hydrogens is 168 g/mol. The maximum absolute atomic E-state index is 5.58. The predicted molar refractivity (Wildman–Crippen MR) is 57.9 cm³/mol. The van der Waals surface area contributed by atoms with Crippen LogP contribution < -0.4 is 0 Å². The lowest BCUT2D eigenvalue weighted by molar-refractivity contribution is 0.663. The fourth-order valence-electron chi connectivity index (χ4n) is 1.23. The standard InChI is InChI=1S/C11H21Cl/c1-3-4-5-6-8-11(2)9-7-10-12/h9H,3-8,10H2,1-2H3. The lowest BCUT2D eigenvalue weighted by atomic mass is 10.1. The van der Waals surface area contributed by atoms with Gasteiger partial charge in [-0.05, 0) is 26.2 Å². The maximum Gasteiger partial charge on any atom is 0.0258 e. The second kappa shape index (κ2) is 9.12. The van der Waals surface area contributed by atoms with Gasteiger partial charge in [-0.25, -0.2) is 0 Å². The van der Waals surface area contributed by atoms with Crippen LogP contribution in [-0.4, -0.2) is 5.88 Å². The number of halogens is 1. The van der Waals surface area contributed by atoms with Crippen LogP contribution in [0.25, 0.3) is 0 Å². The molecule has 0 aromatic heterocycles. The van der Waals surface area contributed by atoms with Crippen molar-refractivity contribution in [1.29, 1.82) is 0 Å². The molecule has 0 N–H and O–H groups in total. The SMILES string of the molecule is CCCCCCC(C)=CCCCl. The molecule has 0 fully saturated rings. The first-order chi connectivity index (χ1) is 5.81. The molecule has 0 saturated carbocycles. The highest BCUT2D eigenvalue weighted by molar-refractivity contribution is 6.17. The van der Waals surface area contributed by atoms with Crippen LogP contribution in [0.3, 0.4) is 0 Å². The predicted octanol–water partition coefficient (Wildman–Crippen LogP) is 4.53. The lowest BCUT2D eigenvalue weighted by Gasteiger charge is -2.00. The lowest BCUT2D eigenvalue weighted by Crippen LogP contribution is -1.80. The van der Waals surface area contributed by atoms with Gasteiger partial charge in [-0.3, -0.25) is 0 Å². The van der Waals surface area contributed by atoms with E-state index in [1.165, 1.54) is 37.7 Å². The summed E-state index contributed by atoms with van der Waals surface area (Å²) in [7, 11) is 0. The van der Waals surface area contributed by atoms with E-state index in [1.807, 2.05) is 0 Å². The topological polar surface area (TPSA) is 0 Å². The molecular formula is C11H21Cl. The van der Waals surface area contributed by atoms with E-state index in [9.17, 15) is 0 Å². The fourth-order valence-corrected chi connectivity index (χ4v) is 1.34. The molecule has 0 spiro atoms. The molecule has 0 aliphatic carbocycles. The highest BCUT2D eigenvalue weighted by atomic mass is 35.5. The Balaban J connectivity index is 3.24. The average molecular weight is 189 g/mol. The maximum atomic E-state index is 5.58. The van der Waals surface area contributed by atoms with Crippen molar-refractivity contribution in [2.24, 2.45) is 0 Å². The third kappa shape index (κ3) is 8.13. The molecule has 0 heterocycles. The average Bonchev–Trinajstić information content (AvgIpc) is 2.09. The van der Waals surface area contributed by atoms with E-state index in [4.69, 9.17) is 11.6 Å². The Hall–Kier alpha value is 0.0300. The zero-order chi connectivity index (χ0) is 9.23. The number of alkyl halides is 1. The van der Waals surface area contributed by atoms with Crippen molar-refractivity contribution >= 4 is 11.6 Å². The highest BCUT2D eigenvalue weighted by Gasteiger charge is 1.90. The van der Waals surface area contributed by atoms with Crippen LogP contribution in [0.4, 0.5) is 0 Å². The van der Waals surface area contributed by atoms with Crippen LogP contribution in [0.2, 0.25) is 0 Å². The quantitative estimate of drug-likeness (QED) is 0.313. The van der Waals surface area contributed by atoms with Gasteiger partial charge in [0.15, 0.2) is 0 Å². The summed E-state index contributed by atoms with van der Waals surface area (Å²) in [5.41, 5.74) is 1.51. The van der Waals surface area contributed by atoms with Gasteiger partial charge in [0.25, 0.3) is 0 Å². The smallest absolute Gasteiger partial charge is 0.0258 e. The first-order valence-corrected chi connectivity index (χ1v) is 5.56. The molecule has 0 unspecified atom stereocenters. The highest BCUT2D eigenvalue weighted by Crippen LogP contribution is 2.10. The largest absolute Gasteiger partial charge is 0.126 e. The van der Waals surface area contributed by atoms with Crippen LogP contribution >= 0.6 is 11.6 Å². The summed E-state index contributed by atoms with van der Waals surface area (Å²) < 4.78 is 0. The Labute approximate surface area is 82.0 Å². The van der Waals surface area contributed by atoms with Crippen LogP contribution in [0, 0.1) is 0 Å². The van der Waals surface area contributed by atoms with E-state index >= 15 is 0 Å². The van der Waals surface area contributed by atoms with E-state index in [2.05, 4.69) is 19.9 Å². The Morgan fingerprint density at radius 2 is 2.00 bits per heavy atom. The Morgan fingerprint density at radius 1 is 1.25 bits per heavy atom. The van der Waals surface area contributed by atoms with Crippen LogP contribution in [0.15, 0.2) is 11.6 Å². The summed E-state index contributed by atoms with van der Waals surface area (Å²) in [6, 6.07) is 0. The minimum atomic E-state index is 0.756. The second-order valence-corrected chi connectivity index (χ2v) is 3.72. The molecule has 0 aliphatic heterocycles. The van der Waals surface area contributed by atoms with Crippen molar-refractivity contribution in [2.75, 3.05) is 5.88 Å². The van der Waals surface area contributed by atoms with Crippen molar-refractivity contribution in [3.05, 3.63) is 11.6 Å². The third-order valence-electron chi connectivity index (χ3n) is 2.03. The first-order valence-electron chi connectivity index (χ1n) is 5.02. The Kier molecular flexibility index (Phi) is 9.14. The number of allylic oxidation sites excluding steroid dienone is 2. The van der Waals surface area contributed by atoms with Crippen LogP contribution in [-0.2, 0) is 0 Å². The van der Waals surface area contributed by atoms with Gasteiger partial charge in [-0.2, -0.15) is 0 Å². The Morgan fingerprint density at radius 3 is 2.58 bits per heavy atom. The van der Waals surface area contributed by atoms with E-state index in [0.29, 0.717) is 0 Å². The minimum absolute atomic E-state index is 0.756. The van der Waals surface area contributed by atoms with Gasteiger partial charge in [-0.15, -0.1) is 11.6 Å². The molecule has 0 aromatic rings. The van der Waals surface area contributed by atoms with Crippen molar-refractivity contribution in [3.63, 3.8) is 0 Å². The number of hydrogen-bond donors (Lipinski definition) is 0. The van der Waals surface area contributed by atoms with Crippen LogP contribution in [0.1, 0.15) is 52.4 Å². The number of unbranched alkanes of at least 4 members (excludes halogenated alkanes) is 3. The van der Waals surface area contributed by atoms with E-state index in [-0.39, 0.29) is 0 Å². The van der Waals surface area contributed by atoms with Gasteiger partial charge < -0.3 is 0 Å². The van der Waals surface area contributed by atoms with Gasteiger partial charge in [0, 0.05) is 5.88 Å². The fraction of sp³-hybridized carbons (Fsp3) is 0.818. The van der Waals surface area contributed by atoms with Crippen LogP contribution in [0.5, 0.6) is 0 Å². The van der Waals surface area contributed by atoms with Gasteiger partial charge >= 0.3 is 0 Å². The van der Waals surface area contributed by atoms with Gasteiger partial charge in [-0.1, -0.05) is 37.8 Å². The minimum Gasteiger partial charge on any atom is -0.126 e. The molecule has 0 saturated heterocycles. The summed E-state index contributed by atoms with van der Waals surface area (Å²) in [5.74, 6) is 0.756. The molecule has 0 aliphatic rings. The van der Waals surface area contributed by atoms with Gasteiger partial charge in [0.05, 0.1) is 0 Å². The van der Waals surface area contributed by atoms with Gasteiger partial charge in [0.2, 0.25) is 0 Å². The van der Waals surface area contributed by atoms with E-state index in [0.717, 1.165) is 12.3 Å². The molecule has 0 bridgehead atoms. The zero-order valence-corrected chi connectivity index (χ0v) is 9.16. The summed E-state index contributed by atoms with van der Waals surface area (Å²) in [4.78, 5) is 0. The molecule has 72 valence electrons.